The Labute approximate surface area is 209 Å². The number of rotatable bonds is 14. The molecule has 3 rings (SSSR count). The Morgan fingerprint density at radius 3 is 2.43 bits per heavy atom. The van der Waals surface area contributed by atoms with Gasteiger partial charge in [-0.05, 0) is 100 Å². The second-order valence-corrected chi connectivity index (χ2v) is 11.0. The predicted molar refractivity (Wildman–Crippen MR) is 139 cm³/mol. The molecular formula is C27H40N2O5S. The van der Waals surface area contributed by atoms with E-state index in [-0.39, 0.29) is 16.4 Å². The second-order valence-electron chi connectivity index (χ2n) is 9.54. The van der Waals surface area contributed by atoms with Crippen LogP contribution in [0.2, 0.25) is 0 Å². The molecule has 4 N–H and O–H groups in total. The molecule has 35 heavy (non-hydrogen) atoms. The molecular weight excluding hydrogens is 464 g/mol. The zero-order valence-corrected chi connectivity index (χ0v) is 21.6. The quantitative estimate of drug-likeness (QED) is 0.172. The topological polar surface area (TPSA) is 110 Å². The van der Waals surface area contributed by atoms with Crippen LogP contribution >= 0.6 is 0 Å². The minimum Gasteiger partial charge on any atom is -0.504 e. The van der Waals surface area contributed by atoms with Gasteiger partial charge in [0.15, 0.2) is 11.5 Å². The molecule has 1 atom stereocenters. The van der Waals surface area contributed by atoms with Crippen molar-refractivity contribution in [1.82, 2.24) is 10.2 Å². The maximum absolute atomic E-state index is 11.1. The van der Waals surface area contributed by atoms with E-state index in [0.717, 1.165) is 81.4 Å². The van der Waals surface area contributed by atoms with Crippen LogP contribution in [-0.4, -0.2) is 60.3 Å². The van der Waals surface area contributed by atoms with Crippen LogP contribution in [0.1, 0.15) is 62.1 Å². The van der Waals surface area contributed by atoms with Crippen molar-refractivity contribution in [2.75, 3.05) is 26.2 Å². The first-order chi connectivity index (χ1) is 16.8. The number of aromatic hydroxyl groups is 2. The molecule has 0 saturated heterocycles. The number of unbranched alkanes of at least 4 members (excludes halogenated alkanes) is 3. The Balaban J connectivity index is 1.30. The molecule has 194 valence electrons. The van der Waals surface area contributed by atoms with E-state index in [9.17, 15) is 18.6 Å². The van der Waals surface area contributed by atoms with Gasteiger partial charge in [-0.1, -0.05) is 38.0 Å². The Hall–Kier alpha value is -2.13. The van der Waals surface area contributed by atoms with Crippen LogP contribution in [0.25, 0.3) is 0 Å². The number of nitrogens with zero attached hydrogens (tertiary/aromatic N) is 1. The Bertz CT molecular complexity index is 1040. The van der Waals surface area contributed by atoms with Gasteiger partial charge in [0.2, 0.25) is 0 Å². The van der Waals surface area contributed by atoms with Crippen molar-refractivity contribution in [2.24, 2.45) is 0 Å². The summed E-state index contributed by atoms with van der Waals surface area (Å²) in [4.78, 5) is 2.54. The summed E-state index contributed by atoms with van der Waals surface area (Å²) in [6.45, 7) is 6.23. The molecule has 7 nitrogen and oxygen atoms in total. The SMILES string of the molecule is CCCN(CCCCCCNCCc1ccc(S(=O)(=O)O)cc1)C1CCc2c(ccc(O)c2O)C1. The lowest BCUT2D eigenvalue weighted by molar-refractivity contribution is 0.175. The third-order valence-corrected chi connectivity index (χ3v) is 7.80. The van der Waals surface area contributed by atoms with Crippen molar-refractivity contribution in [3.63, 3.8) is 0 Å². The highest BCUT2D eigenvalue weighted by molar-refractivity contribution is 7.85. The van der Waals surface area contributed by atoms with Crippen molar-refractivity contribution in [3.8, 4) is 11.5 Å². The van der Waals surface area contributed by atoms with Gasteiger partial charge in [-0.3, -0.25) is 4.55 Å². The number of hydrogen-bond acceptors (Lipinski definition) is 6. The van der Waals surface area contributed by atoms with Gasteiger partial charge in [0.1, 0.15) is 0 Å². The summed E-state index contributed by atoms with van der Waals surface area (Å²) in [5.74, 6) is 0.0445. The predicted octanol–water partition coefficient (Wildman–Crippen LogP) is 4.31. The van der Waals surface area contributed by atoms with Crippen LogP contribution in [0, 0.1) is 0 Å². The van der Waals surface area contributed by atoms with Crippen LogP contribution in [0.5, 0.6) is 11.5 Å². The number of nitrogens with one attached hydrogen (secondary N) is 1. The molecule has 8 heteroatoms. The monoisotopic (exact) mass is 504 g/mol. The molecule has 1 unspecified atom stereocenters. The second kappa shape index (κ2) is 13.3. The van der Waals surface area contributed by atoms with E-state index in [4.69, 9.17) is 4.55 Å². The molecule has 1 aliphatic carbocycles. The smallest absolute Gasteiger partial charge is 0.294 e. The van der Waals surface area contributed by atoms with Gasteiger partial charge in [0.05, 0.1) is 4.90 Å². The first kappa shape index (κ1) is 27.5. The highest BCUT2D eigenvalue weighted by atomic mass is 32.2. The molecule has 0 fully saturated rings. The van der Waals surface area contributed by atoms with Gasteiger partial charge >= 0.3 is 0 Å². The molecule has 2 aromatic rings. The van der Waals surface area contributed by atoms with Crippen molar-refractivity contribution in [3.05, 3.63) is 53.1 Å². The van der Waals surface area contributed by atoms with E-state index in [1.807, 2.05) is 6.07 Å². The summed E-state index contributed by atoms with van der Waals surface area (Å²) >= 11 is 0. The number of benzene rings is 2. The molecule has 1 aliphatic rings. The fourth-order valence-electron chi connectivity index (χ4n) is 4.98. The maximum atomic E-state index is 11.1. The molecule has 0 aliphatic heterocycles. The molecule has 0 radical (unpaired) electrons. The van der Waals surface area contributed by atoms with Crippen LogP contribution in [0.15, 0.2) is 41.3 Å². The molecule has 0 spiro atoms. The van der Waals surface area contributed by atoms with Gasteiger partial charge < -0.3 is 20.4 Å². The summed E-state index contributed by atoms with van der Waals surface area (Å²) in [5.41, 5.74) is 3.12. The van der Waals surface area contributed by atoms with Gasteiger partial charge in [-0.25, -0.2) is 0 Å². The fourth-order valence-corrected chi connectivity index (χ4v) is 5.46. The normalized spacial score (nSPS) is 15.9. The highest BCUT2D eigenvalue weighted by Crippen LogP contribution is 2.36. The minimum atomic E-state index is -4.13. The molecule has 0 aromatic heterocycles. The van der Waals surface area contributed by atoms with Crippen molar-refractivity contribution >= 4 is 10.1 Å². The fraction of sp³-hybridized carbons (Fsp3) is 0.556. The van der Waals surface area contributed by atoms with E-state index < -0.39 is 10.1 Å². The molecule has 0 saturated carbocycles. The Morgan fingerprint density at radius 2 is 1.71 bits per heavy atom. The van der Waals surface area contributed by atoms with Crippen molar-refractivity contribution < 1.29 is 23.2 Å². The largest absolute Gasteiger partial charge is 0.504 e. The standard InChI is InChI=1S/C27H40N2O5S/c1-2-18-29(23-10-13-25-22(20-23)9-14-26(30)27(25)31)19-6-4-3-5-16-28-17-15-21-7-11-24(12-8-21)35(32,33)34/h7-9,11-12,14,23,28,30-31H,2-6,10,13,15-20H2,1H3,(H,32,33,34). The zero-order chi connectivity index (χ0) is 25.3. The van der Waals surface area contributed by atoms with Gasteiger partial charge in [-0.15, -0.1) is 0 Å². The van der Waals surface area contributed by atoms with E-state index in [1.54, 1.807) is 18.2 Å². The van der Waals surface area contributed by atoms with Crippen LogP contribution in [0.4, 0.5) is 0 Å². The lowest BCUT2D eigenvalue weighted by Crippen LogP contribution is -2.40. The number of hydrogen-bond donors (Lipinski definition) is 4. The van der Waals surface area contributed by atoms with Crippen LogP contribution in [-0.2, 0) is 29.4 Å². The van der Waals surface area contributed by atoms with Gasteiger partial charge in [0, 0.05) is 11.6 Å². The van der Waals surface area contributed by atoms with E-state index in [2.05, 4.69) is 17.1 Å². The van der Waals surface area contributed by atoms with Crippen molar-refractivity contribution in [1.29, 1.82) is 0 Å². The molecule has 0 bridgehead atoms. The minimum absolute atomic E-state index is 0.0172. The third kappa shape index (κ3) is 8.20. The van der Waals surface area contributed by atoms with Crippen LogP contribution in [0.3, 0.4) is 0 Å². The first-order valence-corrected chi connectivity index (χ1v) is 14.3. The molecule has 0 heterocycles. The zero-order valence-electron chi connectivity index (χ0n) is 20.7. The third-order valence-electron chi connectivity index (χ3n) is 6.93. The number of phenols is 2. The lowest BCUT2D eigenvalue weighted by atomic mass is 9.86. The van der Waals surface area contributed by atoms with Gasteiger partial charge in [-0.2, -0.15) is 8.42 Å². The summed E-state index contributed by atoms with van der Waals surface area (Å²) in [7, 11) is -4.13. The number of fused-ring (bicyclic) bond motifs is 1. The van der Waals surface area contributed by atoms with E-state index >= 15 is 0 Å². The Morgan fingerprint density at radius 1 is 0.971 bits per heavy atom. The highest BCUT2D eigenvalue weighted by Gasteiger charge is 2.26. The summed E-state index contributed by atoms with van der Waals surface area (Å²) in [6.07, 6.45) is 9.44. The molecule has 2 aromatic carbocycles. The summed E-state index contributed by atoms with van der Waals surface area (Å²) < 4.78 is 31.2. The average Bonchev–Trinajstić information content (AvgIpc) is 2.84. The lowest BCUT2D eigenvalue weighted by Gasteiger charge is -2.35. The molecule has 0 amide bonds. The average molecular weight is 505 g/mol. The summed E-state index contributed by atoms with van der Waals surface area (Å²) in [6, 6.07) is 10.4. The van der Waals surface area contributed by atoms with Crippen molar-refractivity contribution in [2.45, 2.75) is 75.6 Å². The maximum Gasteiger partial charge on any atom is 0.294 e. The summed E-state index contributed by atoms with van der Waals surface area (Å²) in [5, 5.41) is 23.4. The van der Waals surface area contributed by atoms with E-state index in [0.29, 0.717) is 6.04 Å². The number of phenolic OH excluding ortho intramolecular Hbond substituents is 2. The Kier molecular flexibility index (Phi) is 10.4. The van der Waals surface area contributed by atoms with Crippen LogP contribution < -0.4 is 5.32 Å². The first-order valence-electron chi connectivity index (χ1n) is 12.8. The van der Waals surface area contributed by atoms with E-state index in [1.165, 1.54) is 31.4 Å². The van der Waals surface area contributed by atoms with Gasteiger partial charge in [0.25, 0.3) is 10.1 Å².